The van der Waals surface area contributed by atoms with Crippen molar-refractivity contribution in [2.75, 3.05) is 0 Å². The number of carbonyl (C=O) groups is 1. The predicted molar refractivity (Wildman–Crippen MR) is 57.4 cm³/mol. The normalized spacial score (nSPS) is 47.3. The van der Waals surface area contributed by atoms with Gasteiger partial charge < -0.3 is 9.53 Å². The molecule has 0 radical (unpaired) electrons. The van der Waals surface area contributed by atoms with Gasteiger partial charge in [0.05, 0.1) is 6.10 Å². The quantitative estimate of drug-likeness (QED) is 0.483. The summed E-state index contributed by atoms with van der Waals surface area (Å²) in [4.78, 5) is 11.3. The van der Waals surface area contributed by atoms with E-state index in [2.05, 4.69) is 24.3 Å². The summed E-state index contributed by atoms with van der Waals surface area (Å²) >= 11 is 0. The summed E-state index contributed by atoms with van der Waals surface area (Å²) in [6, 6.07) is 0. The molecule has 0 saturated carbocycles. The van der Waals surface area contributed by atoms with E-state index in [1.54, 1.807) is 0 Å². The highest BCUT2D eigenvalue weighted by Gasteiger charge is 2.54. The maximum atomic E-state index is 11.3. The van der Waals surface area contributed by atoms with Gasteiger partial charge in [-0.25, -0.2) is 0 Å². The molecule has 0 aromatic carbocycles. The predicted octanol–water partition coefficient (Wildman–Crippen LogP) is 2.26. The van der Waals surface area contributed by atoms with Crippen molar-refractivity contribution in [1.29, 1.82) is 0 Å². The van der Waals surface area contributed by atoms with Crippen molar-refractivity contribution in [3.05, 3.63) is 24.3 Å². The van der Waals surface area contributed by atoms with Crippen LogP contribution >= 0.6 is 0 Å². The van der Waals surface area contributed by atoms with E-state index in [0.29, 0.717) is 11.8 Å². The molecule has 1 heterocycles. The van der Waals surface area contributed by atoms with Crippen LogP contribution in [0.4, 0.5) is 0 Å². The third-order valence-corrected chi connectivity index (χ3v) is 4.13. The van der Waals surface area contributed by atoms with Gasteiger partial charge in [0.25, 0.3) is 0 Å². The van der Waals surface area contributed by atoms with Crippen LogP contribution in [0.3, 0.4) is 0 Å². The van der Waals surface area contributed by atoms with E-state index in [4.69, 9.17) is 4.74 Å². The molecule has 1 saturated heterocycles. The Morgan fingerprint density at radius 2 is 1.93 bits per heavy atom. The van der Waals surface area contributed by atoms with Crippen molar-refractivity contribution in [2.24, 2.45) is 11.8 Å². The lowest BCUT2D eigenvalue weighted by Gasteiger charge is -2.31. The number of rotatable bonds is 1. The van der Waals surface area contributed by atoms with Crippen LogP contribution in [-0.4, -0.2) is 18.0 Å². The molecule has 0 aromatic rings. The first-order valence-corrected chi connectivity index (χ1v) is 5.80. The standard InChI is InChI=1S/C13H16O2/c14-9-13-8-4-3-6-11(13)10-5-1-2-7-12(10)15-13/h1-4,9-12H,5-8H2/t10-,11-,12+,13+/m0/s1. The highest BCUT2D eigenvalue weighted by molar-refractivity contribution is 5.65. The first-order chi connectivity index (χ1) is 7.36. The van der Waals surface area contributed by atoms with E-state index >= 15 is 0 Å². The van der Waals surface area contributed by atoms with Gasteiger partial charge >= 0.3 is 0 Å². The molecule has 0 amide bonds. The van der Waals surface area contributed by atoms with Crippen molar-refractivity contribution >= 4 is 6.29 Å². The summed E-state index contributed by atoms with van der Waals surface area (Å²) in [5.74, 6) is 0.972. The van der Waals surface area contributed by atoms with Gasteiger partial charge in [-0.05, 0) is 25.2 Å². The lowest BCUT2D eigenvalue weighted by Crippen LogP contribution is -2.39. The van der Waals surface area contributed by atoms with E-state index in [1.807, 2.05) is 0 Å². The fourth-order valence-electron chi connectivity index (χ4n) is 3.35. The Kier molecular flexibility index (Phi) is 2.06. The smallest absolute Gasteiger partial charge is 0.152 e. The fraction of sp³-hybridized carbons (Fsp3) is 0.615. The fourth-order valence-corrected chi connectivity index (χ4v) is 3.35. The minimum absolute atomic E-state index is 0.282. The second kappa shape index (κ2) is 3.31. The Labute approximate surface area is 90.0 Å². The second-order valence-corrected chi connectivity index (χ2v) is 4.85. The molecule has 1 fully saturated rings. The molecular weight excluding hydrogens is 188 g/mol. The summed E-state index contributed by atoms with van der Waals surface area (Å²) in [7, 11) is 0. The number of hydrogen-bond donors (Lipinski definition) is 0. The van der Waals surface area contributed by atoms with Gasteiger partial charge in [-0.3, -0.25) is 0 Å². The average Bonchev–Trinajstić information content (AvgIpc) is 2.64. The van der Waals surface area contributed by atoms with Crippen LogP contribution in [0, 0.1) is 11.8 Å². The van der Waals surface area contributed by atoms with E-state index in [1.165, 1.54) is 0 Å². The van der Waals surface area contributed by atoms with Gasteiger partial charge in [0.1, 0.15) is 5.60 Å². The van der Waals surface area contributed by atoms with Gasteiger partial charge in [-0.1, -0.05) is 24.3 Å². The minimum atomic E-state index is -0.490. The second-order valence-electron chi connectivity index (χ2n) is 4.85. The molecule has 80 valence electrons. The number of carbonyl (C=O) groups excluding carboxylic acids is 1. The molecule has 4 atom stereocenters. The van der Waals surface area contributed by atoms with Crippen LogP contribution in [-0.2, 0) is 9.53 Å². The summed E-state index contributed by atoms with van der Waals surface area (Å²) in [6.07, 6.45) is 13.9. The zero-order chi connectivity index (χ0) is 10.3. The number of aldehydes is 1. The first-order valence-electron chi connectivity index (χ1n) is 5.80. The van der Waals surface area contributed by atoms with Gasteiger partial charge in [0.15, 0.2) is 6.29 Å². The monoisotopic (exact) mass is 204 g/mol. The molecule has 15 heavy (non-hydrogen) atoms. The Hall–Kier alpha value is -0.890. The van der Waals surface area contributed by atoms with Crippen molar-refractivity contribution in [3.8, 4) is 0 Å². The van der Waals surface area contributed by atoms with Crippen LogP contribution in [0.2, 0.25) is 0 Å². The Balaban J connectivity index is 1.95. The molecule has 2 aliphatic carbocycles. The molecule has 0 aromatic heterocycles. The molecule has 2 nitrogen and oxygen atoms in total. The van der Waals surface area contributed by atoms with Crippen molar-refractivity contribution in [2.45, 2.75) is 37.4 Å². The van der Waals surface area contributed by atoms with E-state index in [9.17, 15) is 4.79 Å². The number of hydrogen-bond acceptors (Lipinski definition) is 2. The van der Waals surface area contributed by atoms with Crippen LogP contribution in [0.1, 0.15) is 25.7 Å². The molecule has 2 heteroatoms. The number of ether oxygens (including phenoxy) is 1. The maximum absolute atomic E-state index is 11.3. The SMILES string of the molecule is O=C[C@]12CC=CC[C@H]1[C@@H]1CC=CC[C@H]1O2. The van der Waals surface area contributed by atoms with Crippen LogP contribution in [0.25, 0.3) is 0 Å². The summed E-state index contributed by atoms with van der Waals surface area (Å²) < 4.78 is 6.04. The van der Waals surface area contributed by atoms with Gasteiger partial charge in [0, 0.05) is 12.3 Å². The Bertz CT molecular complexity index is 331. The van der Waals surface area contributed by atoms with Crippen molar-refractivity contribution < 1.29 is 9.53 Å². The topological polar surface area (TPSA) is 26.3 Å². The van der Waals surface area contributed by atoms with Gasteiger partial charge in [-0.15, -0.1) is 0 Å². The zero-order valence-corrected chi connectivity index (χ0v) is 8.76. The molecule has 0 spiro atoms. The largest absolute Gasteiger partial charge is 0.363 e. The Morgan fingerprint density at radius 3 is 2.80 bits per heavy atom. The van der Waals surface area contributed by atoms with E-state index < -0.39 is 5.60 Å². The molecule has 3 rings (SSSR count). The molecule has 3 aliphatic rings. The van der Waals surface area contributed by atoms with Crippen molar-refractivity contribution in [3.63, 3.8) is 0 Å². The van der Waals surface area contributed by atoms with Crippen LogP contribution < -0.4 is 0 Å². The molecular formula is C13H16O2. The zero-order valence-electron chi connectivity index (χ0n) is 8.76. The van der Waals surface area contributed by atoms with Crippen LogP contribution in [0.15, 0.2) is 24.3 Å². The molecule has 1 aliphatic heterocycles. The number of fused-ring (bicyclic) bond motifs is 3. The van der Waals surface area contributed by atoms with Gasteiger partial charge in [0.2, 0.25) is 0 Å². The highest BCUT2D eigenvalue weighted by Crippen LogP contribution is 2.49. The maximum Gasteiger partial charge on any atom is 0.152 e. The summed E-state index contributed by atoms with van der Waals surface area (Å²) in [6.45, 7) is 0. The molecule has 0 bridgehead atoms. The lowest BCUT2D eigenvalue weighted by atomic mass is 9.71. The Morgan fingerprint density at radius 1 is 1.13 bits per heavy atom. The summed E-state index contributed by atoms with van der Waals surface area (Å²) in [5, 5.41) is 0. The lowest BCUT2D eigenvalue weighted by molar-refractivity contribution is -0.133. The molecule has 0 N–H and O–H groups in total. The van der Waals surface area contributed by atoms with E-state index in [-0.39, 0.29) is 6.10 Å². The van der Waals surface area contributed by atoms with Crippen molar-refractivity contribution in [1.82, 2.24) is 0 Å². The number of allylic oxidation sites excluding steroid dienone is 2. The van der Waals surface area contributed by atoms with E-state index in [0.717, 1.165) is 32.0 Å². The average molecular weight is 204 g/mol. The summed E-state index contributed by atoms with van der Waals surface area (Å²) in [5.41, 5.74) is -0.490. The third-order valence-electron chi connectivity index (χ3n) is 4.13. The van der Waals surface area contributed by atoms with Gasteiger partial charge in [-0.2, -0.15) is 0 Å². The minimum Gasteiger partial charge on any atom is -0.363 e. The first kappa shape index (κ1) is 9.34. The third kappa shape index (κ3) is 1.24. The van der Waals surface area contributed by atoms with Crippen LogP contribution in [0.5, 0.6) is 0 Å². The highest BCUT2D eigenvalue weighted by atomic mass is 16.5. The molecule has 0 unspecified atom stereocenters.